The summed E-state index contributed by atoms with van der Waals surface area (Å²) >= 11 is 0. The van der Waals surface area contributed by atoms with Gasteiger partial charge in [-0.2, -0.15) is 0 Å². The topological polar surface area (TPSA) is 142 Å². The first-order chi connectivity index (χ1) is 14.7. The maximum absolute atomic E-state index is 12.3. The van der Waals surface area contributed by atoms with E-state index in [1.165, 1.54) is 6.92 Å². The second kappa shape index (κ2) is 11.0. The van der Waals surface area contributed by atoms with Gasteiger partial charge < -0.3 is 26.6 Å². The quantitative estimate of drug-likeness (QED) is 0.409. The van der Waals surface area contributed by atoms with Gasteiger partial charge in [-0.1, -0.05) is 11.8 Å². The molecule has 0 aliphatic carbocycles. The van der Waals surface area contributed by atoms with Gasteiger partial charge in [0.25, 0.3) is 5.91 Å². The van der Waals surface area contributed by atoms with Gasteiger partial charge >= 0.3 is 0 Å². The monoisotopic (exact) mass is 423 g/mol. The molecule has 8 heteroatoms. The Morgan fingerprint density at radius 3 is 1.94 bits per heavy atom. The van der Waals surface area contributed by atoms with E-state index < -0.39 is 36.5 Å². The van der Waals surface area contributed by atoms with Crippen molar-refractivity contribution >= 4 is 23.3 Å². The number of amides is 2. The number of nitrogens with one attached hydrogen (secondary N) is 2. The van der Waals surface area contributed by atoms with E-state index in [1.54, 1.807) is 55.5 Å². The van der Waals surface area contributed by atoms with Gasteiger partial charge in [0.15, 0.2) is 5.78 Å². The Labute approximate surface area is 180 Å². The van der Waals surface area contributed by atoms with Gasteiger partial charge in [0, 0.05) is 22.4 Å². The molecule has 8 nitrogen and oxygen atoms in total. The van der Waals surface area contributed by atoms with Crippen LogP contribution in [0.4, 0.5) is 5.69 Å². The summed E-state index contributed by atoms with van der Waals surface area (Å²) in [4.78, 5) is 35.5. The molecule has 2 aromatic rings. The second-order valence-corrected chi connectivity index (χ2v) is 7.00. The van der Waals surface area contributed by atoms with Gasteiger partial charge in [-0.3, -0.25) is 14.4 Å². The number of rotatable bonds is 7. The van der Waals surface area contributed by atoms with Gasteiger partial charge in [0.1, 0.15) is 12.6 Å². The number of aliphatic hydroxyl groups excluding tert-OH is 2. The summed E-state index contributed by atoms with van der Waals surface area (Å²) in [5, 5.41) is 23.7. The van der Waals surface area contributed by atoms with Gasteiger partial charge in [-0.25, -0.2) is 0 Å². The largest absolute Gasteiger partial charge is 0.391 e. The first kappa shape index (κ1) is 23.8. The smallest absolute Gasteiger partial charge is 0.251 e. The molecule has 31 heavy (non-hydrogen) atoms. The molecule has 2 rings (SSSR count). The van der Waals surface area contributed by atoms with Crippen LogP contribution in [0.2, 0.25) is 0 Å². The average Bonchev–Trinajstić information content (AvgIpc) is 2.76. The van der Waals surface area contributed by atoms with E-state index in [0.29, 0.717) is 11.3 Å². The average molecular weight is 423 g/mol. The second-order valence-electron chi connectivity index (χ2n) is 7.00. The Hall–Kier alpha value is -3.51. The Morgan fingerprint density at radius 2 is 1.48 bits per heavy atom. The third kappa shape index (κ3) is 7.04. The van der Waals surface area contributed by atoms with E-state index in [-0.39, 0.29) is 11.5 Å². The molecule has 0 unspecified atom stereocenters. The summed E-state index contributed by atoms with van der Waals surface area (Å²) in [5.41, 5.74) is 7.84. The van der Waals surface area contributed by atoms with Crippen LogP contribution in [0.15, 0.2) is 48.5 Å². The Kier molecular flexibility index (Phi) is 8.46. The van der Waals surface area contributed by atoms with Crippen molar-refractivity contribution < 1.29 is 24.6 Å². The van der Waals surface area contributed by atoms with E-state index in [1.807, 2.05) is 0 Å². The van der Waals surface area contributed by atoms with Crippen molar-refractivity contribution in [1.29, 1.82) is 0 Å². The fourth-order valence-electron chi connectivity index (χ4n) is 2.54. The number of hydrogen-bond acceptors (Lipinski definition) is 6. The summed E-state index contributed by atoms with van der Waals surface area (Å²) in [6.07, 6.45) is -1.13. The van der Waals surface area contributed by atoms with Gasteiger partial charge in [0.2, 0.25) is 5.91 Å². The van der Waals surface area contributed by atoms with Gasteiger partial charge in [-0.05, 0) is 62.4 Å². The third-order valence-electron chi connectivity index (χ3n) is 4.34. The van der Waals surface area contributed by atoms with E-state index in [9.17, 15) is 19.5 Å². The summed E-state index contributed by atoms with van der Waals surface area (Å²) < 4.78 is 0. The van der Waals surface area contributed by atoms with Crippen LogP contribution >= 0.6 is 0 Å². The van der Waals surface area contributed by atoms with Crippen molar-refractivity contribution in [3.8, 4) is 11.8 Å². The SMILES string of the molecule is C[C@@H](N)C(=O)Nc1ccc(C#Cc2ccc(C(=O)N[C@H](C(=O)CO)[C@@H](C)O)cc2)cc1. The molecule has 3 atom stereocenters. The molecule has 0 aliphatic heterocycles. The molecule has 0 fully saturated rings. The highest BCUT2D eigenvalue weighted by Gasteiger charge is 2.25. The molecule has 6 N–H and O–H groups in total. The molecule has 0 saturated heterocycles. The maximum atomic E-state index is 12.3. The molecular formula is C23H25N3O5. The fraction of sp³-hybridized carbons (Fsp3) is 0.261. The van der Waals surface area contributed by atoms with E-state index in [0.717, 1.165) is 5.56 Å². The Morgan fingerprint density at radius 1 is 0.968 bits per heavy atom. The Bertz CT molecular complexity index is 987. The number of benzene rings is 2. The number of aliphatic hydroxyl groups is 2. The first-order valence-electron chi connectivity index (χ1n) is 9.62. The zero-order valence-electron chi connectivity index (χ0n) is 17.3. The Balaban J connectivity index is 2.03. The number of nitrogens with two attached hydrogens (primary N) is 1. The van der Waals surface area contributed by atoms with Crippen LogP contribution in [0, 0.1) is 11.8 Å². The minimum Gasteiger partial charge on any atom is -0.391 e. The van der Waals surface area contributed by atoms with Gasteiger partial charge in [-0.15, -0.1) is 0 Å². The molecule has 2 aromatic carbocycles. The van der Waals surface area contributed by atoms with Crippen LogP contribution < -0.4 is 16.4 Å². The molecule has 0 aliphatic rings. The molecule has 0 saturated carbocycles. The summed E-state index contributed by atoms with van der Waals surface area (Å²) in [5.74, 6) is 4.47. The molecule has 2 amide bonds. The maximum Gasteiger partial charge on any atom is 0.251 e. The normalized spacial score (nSPS) is 13.2. The molecule has 0 radical (unpaired) electrons. The standard InChI is InChI=1S/C23H25N3O5/c1-14(24)22(30)25-19-11-7-17(8-12-19)4-3-16-5-9-18(10-6-16)23(31)26-21(15(2)28)20(29)13-27/h5-12,14-15,21,27-28H,13,24H2,1-2H3,(H,25,30)(H,26,31)/t14-,15-,21+/m1/s1. The molecule has 0 heterocycles. The van der Waals surface area contributed by atoms with Crippen molar-refractivity contribution in [2.24, 2.45) is 5.73 Å². The molecule has 0 bridgehead atoms. The fourth-order valence-corrected chi connectivity index (χ4v) is 2.54. The summed E-state index contributed by atoms with van der Waals surface area (Å²) in [6, 6.07) is 11.6. The van der Waals surface area contributed by atoms with Crippen molar-refractivity contribution in [3.05, 3.63) is 65.2 Å². The van der Waals surface area contributed by atoms with Gasteiger partial charge in [0.05, 0.1) is 12.1 Å². The third-order valence-corrected chi connectivity index (χ3v) is 4.34. The highest BCUT2D eigenvalue weighted by atomic mass is 16.3. The minimum absolute atomic E-state index is 0.275. The first-order valence-corrected chi connectivity index (χ1v) is 9.62. The van der Waals surface area contributed by atoms with Crippen molar-refractivity contribution in [2.45, 2.75) is 32.0 Å². The molecule has 0 spiro atoms. The lowest BCUT2D eigenvalue weighted by Gasteiger charge is -2.19. The number of ketones is 1. The van der Waals surface area contributed by atoms with Crippen LogP contribution in [-0.2, 0) is 9.59 Å². The summed E-state index contributed by atoms with van der Waals surface area (Å²) in [6.45, 7) is 2.18. The minimum atomic E-state index is -1.18. The predicted octanol–water partition coefficient (Wildman–Crippen LogP) is 0.413. The zero-order valence-corrected chi connectivity index (χ0v) is 17.3. The lowest BCUT2D eigenvalue weighted by atomic mass is 10.1. The van der Waals surface area contributed by atoms with Crippen LogP contribution in [0.25, 0.3) is 0 Å². The van der Waals surface area contributed by atoms with Crippen molar-refractivity contribution in [3.63, 3.8) is 0 Å². The molecule has 162 valence electrons. The highest BCUT2D eigenvalue weighted by Crippen LogP contribution is 2.10. The summed E-state index contributed by atoms with van der Waals surface area (Å²) in [7, 11) is 0. The zero-order chi connectivity index (χ0) is 23.0. The number of Topliss-reactive ketones (excluding diaryl/α,β-unsaturated/α-hetero) is 1. The van der Waals surface area contributed by atoms with Crippen LogP contribution in [0.5, 0.6) is 0 Å². The highest BCUT2D eigenvalue weighted by molar-refractivity contribution is 5.98. The van der Waals surface area contributed by atoms with Crippen molar-refractivity contribution in [2.75, 3.05) is 11.9 Å². The number of carbonyl (C=O) groups is 3. The van der Waals surface area contributed by atoms with Crippen LogP contribution in [0.1, 0.15) is 35.3 Å². The van der Waals surface area contributed by atoms with E-state index in [2.05, 4.69) is 22.5 Å². The predicted molar refractivity (Wildman–Crippen MR) is 116 cm³/mol. The number of anilines is 1. The van der Waals surface area contributed by atoms with Crippen molar-refractivity contribution in [1.82, 2.24) is 5.32 Å². The molecule has 0 aromatic heterocycles. The molecular weight excluding hydrogens is 398 g/mol. The van der Waals surface area contributed by atoms with Crippen LogP contribution in [-0.4, -0.2) is 52.6 Å². The van der Waals surface area contributed by atoms with E-state index >= 15 is 0 Å². The van der Waals surface area contributed by atoms with Crippen LogP contribution in [0.3, 0.4) is 0 Å². The number of hydrogen-bond donors (Lipinski definition) is 5. The van der Waals surface area contributed by atoms with E-state index in [4.69, 9.17) is 10.8 Å². The lowest BCUT2D eigenvalue weighted by Crippen LogP contribution is -2.48. The lowest BCUT2D eigenvalue weighted by molar-refractivity contribution is -0.126. The number of carbonyl (C=O) groups excluding carboxylic acids is 3.